The van der Waals surface area contributed by atoms with Crippen molar-refractivity contribution < 1.29 is 14.3 Å². The average molecular weight is 485 g/mol. The van der Waals surface area contributed by atoms with E-state index < -0.39 is 0 Å². The fourth-order valence-corrected chi connectivity index (χ4v) is 5.23. The molecule has 1 aliphatic rings. The quantitative estimate of drug-likeness (QED) is 0.392. The number of nitrogens with zero attached hydrogens (tertiary/aromatic N) is 3. The summed E-state index contributed by atoms with van der Waals surface area (Å²) >= 11 is 1.31. The number of hydrogen-bond donors (Lipinski definition) is 1. The largest absolute Gasteiger partial charge is 0.454 e. The number of anilines is 1. The fourth-order valence-electron chi connectivity index (χ4n) is 4.17. The van der Waals surface area contributed by atoms with E-state index in [2.05, 4.69) is 5.32 Å². The molecule has 0 aliphatic carbocycles. The second kappa shape index (κ2) is 8.52. The molecule has 6 rings (SSSR count). The SMILES string of the molecule is CCc1nc2c(sc3nc(-c4ccccc4)ccc32)c(=O)n1CC(=O)Nc1ccc2c(c1)OCO2. The van der Waals surface area contributed by atoms with E-state index in [4.69, 9.17) is 19.4 Å². The van der Waals surface area contributed by atoms with Crippen molar-refractivity contribution in [3.05, 3.63) is 76.8 Å². The molecule has 2 aromatic carbocycles. The molecule has 3 aromatic heterocycles. The number of carbonyl (C=O) groups excluding carboxylic acids is 1. The van der Waals surface area contributed by atoms with Crippen LogP contribution in [0.4, 0.5) is 5.69 Å². The number of ether oxygens (including phenoxy) is 2. The third-order valence-corrected chi connectivity index (χ3v) is 6.94. The number of pyridine rings is 1. The maximum Gasteiger partial charge on any atom is 0.272 e. The Hall–Kier alpha value is -4.24. The molecule has 0 radical (unpaired) electrons. The highest BCUT2D eigenvalue weighted by atomic mass is 32.1. The van der Waals surface area contributed by atoms with Crippen LogP contribution in [-0.4, -0.2) is 27.2 Å². The second-order valence-electron chi connectivity index (χ2n) is 8.08. The highest BCUT2D eigenvalue weighted by Gasteiger charge is 2.19. The van der Waals surface area contributed by atoms with E-state index in [9.17, 15) is 9.59 Å². The van der Waals surface area contributed by atoms with Gasteiger partial charge in [-0.05, 0) is 24.3 Å². The van der Waals surface area contributed by atoms with Crippen molar-refractivity contribution in [2.45, 2.75) is 19.9 Å². The van der Waals surface area contributed by atoms with Crippen molar-refractivity contribution in [3.63, 3.8) is 0 Å². The highest BCUT2D eigenvalue weighted by Crippen LogP contribution is 2.34. The zero-order valence-corrected chi connectivity index (χ0v) is 19.6. The predicted molar refractivity (Wildman–Crippen MR) is 135 cm³/mol. The molecule has 0 saturated heterocycles. The number of fused-ring (bicyclic) bond motifs is 4. The summed E-state index contributed by atoms with van der Waals surface area (Å²) in [4.78, 5) is 36.6. The molecule has 0 fully saturated rings. The molecule has 1 aliphatic heterocycles. The van der Waals surface area contributed by atoms with E-state index in [1.54, 1.807) is 18.2 Å². The average Bonchev–Trinajstić information content (AvgIpc) is 3.50. The normalized spacial score (nSPS) is 12.4. The Morgan fingerprint density at radius 3 is 2.71 bits per heavy atom. The minimum absolute atomic E-state index is 0.143. The first-order chi connectivity index (χ1) is 17.1. The van der Waals surface area contributed by atoms with Crippen LogP contribution in [0.1, 0.15) is 12.7 Å². The standard InChI is InChI=1S/C26H20N4O4S/c1-2-21-29-23-17-9-10-18(15-6-4-3-5-7-15)28-25(17)35-24(23)26(32)30(21)13-22(31)27-16-8-11-19-20(12-16)34-14-33-19/h3-12H,2,13-14H2,1H3,(H,27,31). The van der Waals surface area contributed by atoms with Gasteiger partial charge in [-0.15, -0.1) is 11.3 Å². The van der Waals surface area contributed by atoms with E-state index in [-0.39, 0.29) is 24.8 Å². The van der Waals surface area contributed by atoms with Crippen LogP contribution in [0.5, 0.6) is 11.5 Å². The van der Waals surface area contributed by atoms with Gasteiger partial charge in [0, 0.05) is 29.1 Å². The zero-order valence-electron chi connectivity index (χ0n) is 18.8. The van der Waals surface area contributed by atoms with Crippen molar-refractivity contribution >= 4 is 43.4 Å². The maximum absolute atomic E-state index is 13.5. The molecule has 35 heavy (non-hydrogen) atoms. The monoisotopic (exact) mass is 484 g/mol. The minimum Gasteiger partial charge on any atom is -0.454 e. The molecule has 1 amide bonds. The van der Waals surface area contributed by atoms with Crippen LogP contribution in [0.2, 0.25) is 0 Å². The van der Waals surface area contributed by atoms with Gasteiger partial charge >= 0.3 is 0 Å². The molecular formula is C26H20N4O4S. The summed E-state index contributed by atoms with van der Waals surface area (Å²) in [7, 11) is 0. The van der Waals surface area contributed by atoms with Crippen LogP contribution in [-0.2, 0) is 17.8 Å². The Morgan fingerprint density at radius 2 is 1.89 bits per heavy atom. The number of aromatic nitrogens is 3. The highest BCUT2D eigenvalue weighted by molar-refractivity contribution is 7.25. The molecule has 0 saturated carbocycles. The van der Waals surface area contributed by atoms with E-state index in [0.717, 1.165) is 21.5 Å². The third kappa shape index (κ3) is 3.79. The molecule has 0 unspecified atom stereocenters. The van der Waals surface area contributed by atoms with Gasteiger partial charge in [0.25, 0.3) is 5.56 Å². The summed E-state index contributed by atoms with van der Waals surface area (Å²) in [6.45, 7) is 1.93. The van der Waals surface area contributed by atoms with Gasteiger partial charge in [-0.25, -0.2) is 9.97 Å². The fraction of sp³-hybridized carbons (Fsp3) is 0.154. The van der Waals surface area contributed by atoms with Crippen LogP contribution in [0.15, 0.2) is 65.5 Å². The Balaban J connectivity index is 1.35. The Bertz CT molecular complexity index is 1660. The van der Waals surface area contributed by atoms with Gasteiger partial charge in [0.15, 0.2) is 11.5 Å². The molecule has 174 valence electrons. The lowest BCUT2D eigenvalue weighted by molar-refractivity contribution is -0.116. The van der Waals surface area contributed by atoms with Crippen LogP contribution in [0, 0.1) is 0 Å². The van der Waals surface area contributed by atoms with Crippen molar-refractivity contribution in [1.82, 2.24) is 14.5 Å². The van der Waals surface area contributed by atoms with E-state index in [0.29, 0.717) is 39.6 Å². The molecule has 0 bridgehead atoms. The minimum atomic E-state index is -0.326. The smallest absolute Gasteiger partial charge is 0.272 e. The first-order valence-electron chi connectivity index (χ1n) is 11.2. The summed E-state index contributed by atoms with van der Waals surface area (Å²) in [5, 5.41) is 3.67. The molecule has 4 heterocycles. The van der Waals surface area contributed by atoms with Crippen LogP contribution in [0.3, 0.4) is 0 Å². The number of carbonyl (C=O) groups is 1. The molecule has 5 aromatic rings. The van der Waals surface area contributed by atoms with Gasteiger partial charge in [0.05, 0.1) is 11.2 Å². The number of rotatable bonds is 5. The Labute approximate surface area is 203 Å². The van der Waals surface area contributed by atoms with E-state index in [1.807, 2.05) is 49.4 Å². The number of nitrogens with one attached hydrogen (secondary N) is 1. The lowest BCUT2D eigenvalue weighted by atomic mass is 10.1. The number of hydrogen-bond acceptors (Lipinski definition) is 7. The van der Waals surface area contributed by atoms with Crippen molar-refractivity contribution in [2.75, 3.05) is 12.1 Å². The van der Waals surface area contributed by atoms with Crippen LogP contribution >= 0.6 is 11.3 Å². The van der Waals surface area contributed by atoms with Crippen LogP contribution < -0.4 is 20.3 Å². The third-order valence-electron chi connectivity index (χ3n) is 5.86. The second-order valence-corrected chi connectivity index (χ2v) is 9.08. The van der Waals surface area contributed by atoms with Gasteiger partial charge in [-0.3, -0.25) is 14.2 Å². The molecule has 0 atom stereocenters. The predicted octanol–water partition coefficient (Wildman–Crippen LogP) is 4.60. The van der Waals surface area contributed by atoms with Gasteiger partial charge in [0.1, 0.15) is 21.9 Å². The van der Waals surface area contributed by atoms with Gasteiger partial charge in [-0.2, -0.15) is 0 Å². The lowest BCUT2D eigenvalue weighted by Crippen LogP contribution is -2.30. The number of aryl methyl sites for hydroxylation is 1. The van der Waals surface area contributed by atoms with Crippen LogP contribution in [0.25, 0.3) is 31.7 Å². The van der Waals surface area contributed by atoms with Crippen molar-refractivity contribution in [2.24, 2.45) is 0 Å². The molecular weight excluding hydrogens is 464 g/mol. The first-order valence-corrected chi connectivity index (χ1v) is 12.0. The van der Waals surface area contributed by atoms with E-state index in [1.165, 1.54) is 15.9 Å². The molecule has 0 spiro atoms. The zero-order chi connectivity index (χ0) is 23.9. The topological polar surface area (TPSA) is 95.3 Å². The first kappa shape index (κ1) is 21.3. The van der Waals surface area contributed by atoms with Crippen molar-refractivity contribution in [3.8, 4) is 22.8 Å². The van der Waals surface area contributed by atoms with Gasteiger partial charge < -0.3 is 14.8 Å². The molecule has 8 nitrogen and oxygen atoms in total. The summed E-state index contributed by atoms with van der Waals surface area (Å²) in [6, 6.07) is 19.0. The lowest BCUT2D eigenvalue weighted by Gasteiger charge is -2.12. The Kier molecular flexibility index (Phi) is 5.18. The molecule has 1 N–H and O–H groups in total. The maximum atomic E-state index is 13.5. The van der Waals surface area contributed by atoms with Gasteiger partial charge in [0.2, 0.25) is 12.7 Å². The van der Waals surface area contributed by atoms with Crippen molar-refractivity contribution in [1.29, 1.82) is 0 Å². The summed E-state index contributed by atoms with van der Waals surface area (Å²) in [6.07, 6.45) is 0.509. The summed E-state index contributed by atoms with van der Waals surface area (Å²) in [5.74, 6) is 1.43. The summed E-state index contributed by atoms with van der Waals surface area (Å²) < 4.78 is 12.6. The van der Waals surface area contributed by atoms with Gasteiger partial charge in [-0.1, -0.05) is 37.3 Å². The van der Waals surface area contributed by atoms with E-state index >= 15 is 0 Å². The number of thiophene rings is 1. The summed E-state index contributed by atoms with van der Waals surface area (Å²) in [5.41, 5.74) is 2.80. The number of benzene rings is 2. The molecule has 9 heteroatoms. The Morgan fingerprint density at radius 1 is 1.06 bits per heavy atom. The number of amides is 1.